The molecule has 4 saturated carbocycles. The molecule has 9 rings (SSSR count). The molecule has 0 spiro atoms. The predicted molar refractivity (Wildman–Crippen MR) is 154 cm³/mol. The minimum atomic E-state index is -0.116. The van der Waals surface area contributed by atoms with Gasteiger partial charge in [0.05, 0.1) is 34.0 Å². The molecular weight excluding hydrogens is 488 g/mol. The molecule has 4 aliphatic carbocycles. The van der Waals surface area contributed by atoms with Crippen LogP contribution in [0, 0.1) is 17.8 Å². The highest BCUT2D eigenvalue weighted by atomic mass is 16.1. The fraction of sp³-hybridized carbons (Fsp3) is 0.500. The van der Waals surface area contributed by atoms with Crippen molar-refractivity contribution in [3.8, 4) is 0 Å². The highest BCUT2D eigenvalue weighted by Crippen LogP contribution is 2.56. The molecule has 5 aliphatic rings. The maximum Gasteiger partial charge on any atom is 0.257 e. The number of H-pyrrole nitrogens is 2. The highest BCUT2D eigenvalue weighted by Gasteiger charge is 2.51. The third-order valence-corrected chi connectivity index (χ3v) is 9.81. The Kier molecular flexibility index (Phi) is 5.21. The van der Waals surface area contributed by atoms with Crippen molar-refractivity contribution in [3.05, 3.63) is 42.1 Å². The number of hydrogen-bond donors (Lipinski definition) is 4. The number of anilines is 3. The molecule has 2 aromatic heterocycles. The fourth-order valence-electron chi connectivity index (χ4n) is 8.32. The fourth-order valence-corrected chi connectivity index (χ4v) is 8.32. The van der Waals surface area contributed by atoms with Crippen molar-refractivity contribution >= 4 is 45.2 Å². The number of likely N-dealkylation sites (N-methyl/N-ethyl adjacent to an activating group) is 1. The number of nitrogens with zero attached hydrogens (tertiary/aromatic N) is 4. The largest absolute Gasteiger partial charge is 0.368 e. The average Bonchev–Trinajstić information content (AvgIpc) is 3.52. The van der Waals surface area contributed by atoms with Gasteiger partial charge in [-0.1, -0.05) is 0 Å². The molecule has 9 nitrogen and oxygen atoms in total. The molecule has 1 saturated heterocycles. The summed E-state index contributed by atoms with van der Waals surface area (Å²) in [6, 6.07) is 9.92. The van der Waals surface area contributed by atoms with E-state index in [1.54, 1.807) is 6.20 Å². The predicted octanol–water partition coefficient (Wildman–Crippen LogP) is 4.82. The van der Waals surface area contributed by atoms with Crippen LogP contribution < -0.4 is 15.5 Å². The van der Waals surface area contributed by atoms with Crippen molar-refractivity contribution < 1.29 is 4.79 Å². The van der Waals surface area contributed by atoms with Gasteiger partial charge in [-0.15, -0.1) is 0 Å². The molecule has 0 unspecified atom stereocenters. The molecule has 9 heteroatoms. The molecule has 202 valence electrons. The van der Waals surface area contributed by atoms with E-state index in [2.05, 4.69) is 48.7 Å². The van der Waals surface area contributed by atoms with Gasteiger partial charge in [0.1, 0.15) is 0 Å². The summed E-state index contributed by atoms with van der Waals surface area (Å²) in [5, 5.41) is 15.1. The maximum absolute atomic E-state index is 13.7. The van der Waals surface area contributed by atoms with Crippen LogP contribution in [0.25, 0.3) is 21.9 Å². The van der Waals surface area contributed by atoms with Crippen molar-refractivity contribution in [2.24, 2.45) is 17.8 Å². The second-order valence-electron chi connectivity index (χ2n) is 12.7. The third-order valence-electron chi connectivity index (χ3n) is 9.81. The third kappa shape index (κ3) is 4.14. The van der Waals surface area contributed by atoms with E-state index in [1.165, 1.54) is 38.5 Å². The standard InChI is InChI=1S/C30H36N8O/c1-37-4-6-38(7-5-37)27-13-26-25(12-23(27)28(39)32-22-3-2-21-17-31-36-24(21)11-22)33-29(34-26)35-30-14-18-8-19(15-30)10-20(9-18)16-30/h2-3,11-13,17-20H,4-10,14-16H2,1H3,(H,31,36)(H,32,39)(H2,33,34,35). The Morgan fingerprint density at radius 3 is 2.46 bits per heavy atom. The van der Waals surface area contributed by atoms with Gasteiger partial charge >= 0.3 is 0 Å². The number of nitrogens with one attached hydrogen (secondary N) is 4. The first-order chi connectivity index (χ1) is 19.0. The molecule has 4 N–H and O–H groups in total. The Balaban J connectivity index is 1.13. The molecule has 3 heterocycles. The van der Waals surface area contributed by atoms with Gasteiger partial charge < -0.3 is 25.4 Å². The number of hydrogen-bond acceptors (Lipinski definition) is 6. The summed E-state index contributed by atoms with van der Waals surface area (Å²) >= 11 is 0. The molecule has 5 fully saturated rings. The van der Waals surface area contributed by atoms with Crippen molar-refractivity contribution in [1.82, 2.24) is 25.1 Å². The average molecular weight is 525 g/mol. The van der Waals surface area contributed by atoms with E-state index >= 15 is 0 Å². The van der Waals surface area contributed by atoms with Gasteiger partial charge in [-0.2, -0.15) is 5.10 Å². The summed E-state index contributed by atoms with van der Waals surface area (Å²) in [5.41, 5.74) is 5.24. The van der Waals surface area contributed by atoms with Crippen LogP contribution in [-0.4, -0.2) is 69.7 Å². The summed E-state index contributed by atoms with van der Waals surface area (Å²) in [7, 11) is 2.15. The van der Waals surface area contributed by atoms with Crippen LogP contribution in [0.3, 0.4) is 0 Å². The number of rotatable bonds is 5. The van der Waals surface area contributed by atoms with E-state index in [1.807, 2.05) is 24.3 Å². The highest BCUT2D eigenvalue weighted by molar-refractivity contribution is 6.11. The molecule has 1 aliphatic heterocycles. The van der Waals surface area contributed by atoms with Crippen molar-refractivity contribution in [1.29, 1.82) is 0 Å². The monoisotopic (exact) mass is 524 g/mol. The van der Waals surface area contributed by atoms with E-state index in [0.29, 0.717) is 5.56 Å². The van der Waals surface area contributed by atoms with Gasteiger partial charge in [0.25, 0.3) is 5.91 Å². The van der Waals surface area contributed by atoms with Crippen molar-refractivity contribution in [2.75, 3.05) is 48.8 Å². The van der Waals surface area contributed by atoms with Crippen molar-refractivity contribution in [2.45, 2.75) is 44.1 Å². The van der Waals surface area contributed by atoms with Crippen LogP contribution in [0.2, 0.25) is 0 Å². The topological polar surface area (TPSA) is 105 Å². The van der Waals surface area contributed by atoms with E-state index in [0.717, 1.165) is 83.2 Å². The van der Waals surface area contributed by atoms with Crippen LogP contribution in [0.15, 0.2) is 36.5 Å². The Bertz CT molecular complexity index is 1530. The van der Waals surface area contributed by atoms with E-state index in [-0.39, 0.29) is 11.4 Å². The van der Waals surface area contributed by atoms with E-state index in [4.69, 9.17) is 4.98 Å². The number of fused-ring (bicyclic) bond motifs is 2. The van der Waals surface area contributed by atoms with E-state index in [9.17, 15) is 4.79 Å². The number of piperazine rings is 1. The van der Waals surface area contributed by atoms with E-state index < -0.39 is 0 Å². The molecule has 2 aromatic carbocycles. The van der Waals surface area contributed by atoms with Gasteiger partial charge in [-0.3, -0.25) is 9.89 Å². The van der Waals surface area contributed by atoms with Crippen LogP contribution in [0.5, 0.6) is 0 Å². The number of carbonyl (C=O) groups excluding carboxylic acids is 1. The lowest BCUT2D eigenvalue weighted by atomic mass is 9.53. The van der Waals surface area contributed by atoms with Crippen LogP contribution in [-0.2, 0) is 0 Å². The molecule has 0 radical (unpaired) electrons. The second kappa shape index (κ2) is 8.71. The minimum absolute atomic E-state index is 0.116. The van der Waals surface area contributed by atoms with Crippen LogP contribution >= 0.6 is 0 Å². The number of imidazole rings is 1. The lowest BCUT2D eigenvalue weighted by molar-refractivity contribution is 0.0104. The molecular formula is C30H36N8O. The lowest BCUT2D eigenvalue weighted by Gasteiger charge is -2.56. The summed E-state index contributed by atoms with van der Waals surface area (Å²) in [5.74, 6) is 3.34. The van der Waals surface area contributed by atoms with Gasteiger partial charge in [0.15, 0.2) is 0 Å². The number of benzene rings is 2. The molecule has 4 aromatic rings. The first kappa shape index (κ1) is 23.3. The zero-order valence-corrected chi connectivity index (χ0v) is 22.5. The summed E-state index contributed by atoms with van der Waals surface area (Å²) in [6.07, 6.45) is 9.82. The first-order valence-corrected chi connectivity index (χ1v) is 14.5. The van der Waals surface area contributed by atoms with Crippen LogP contribution in [0.4, 0.5) is 17.3 Å². The maximum atomic E-state index is 13.7. The lowest BCUT2D eigenvalue weighted by Crippen LogP contribution is -2.54. The zero-order valence-electron chi connectivity index (χ0n) is 22.5. The quantitative estimate of drug-likeness (QED) is 0.298. The van der Waals surface area contributed by atoms with Crippen molar-refractivity contribution in [3.63, 3.8) is 0 Å². The molecule has 1 amide bonds. The SMILES string of the molecule is CN1CCN(c2cc3nc(NC45CC6CC(CC(C6)C4)C5)[nH]c3cc2C(=O)Nc2ccc3cn[nH]c3c2)CC1. The summed E-state index contributed by atoms with van der Waals surface area (Å²) in [6.45, 7) is 3.69. The Morgan fingerprint density at radius 2 is 1.72 bits per heavy atom. The minimum Gasteiger partial charge on any atom is -0.368 e. The second-order valence-corrected chi connectivity index (χ2v) is 12.7. The number of carbonyl (C=O) groups is 1. The zero-order chi connectivity index (χ0) is 26.1. The Hall–Kier alpha value is -3.59. The Labute approximate surface area is 227 Å². The molecule has 0 atom stereocenters. The number of amides is 1. The van der Waals surface area contributed by atoms with Gasteiger partial charge in [0.2, 0.25) is 5.95 Å². The molecule has 39 heavy (non-hydrogen) atoms. The van der Waals surface area contributed by atoms with Gasteiger partial charge in [0, 0.05) is 42.8 Å². The summed E-state index contributed by atoms with van der Waals surface area (Å²) < 4.78 is 0. The smallest absolute Gasteiger partial charge is 0.257 e. The van der Waals surface area contributed by atoms with Crippen LogP contribution in [0.1, 0.15) is 48.9 Å². The normalized spacial score (nSPS) is 28.4. The molecule has 4 bridgehead atoms. The number of aromatic nitrogens is 4. The number of aromatic amines is 2. The van der Waals surface area contributed by atoms with Gasteiger partial charge in [-0.25, -0.2) is 4.98 Å². The summed E-state index contributed by atoms with van der Waals surface area (Å²) in [4.78, 5) is 27.0. The first-order valence-electron chi connectivity index (χ1n) is 14.5. The van der Waals surface area contributed by atoms with Gasteiger partial charge in [-0.05, 0) is 93.7 Å². The Morgan fingerprint density at radius 1 is 0.974 bits per heavy atom.